The van der Waals surface area contributed by atoms with Crippen molar-refractivity contribution in [3.05, 3.63) is 0 Å². The van der Waals surface area contributed by atoms with Crippen molar-refractivity contribution in [3.63, 3.8) is 0 Å². The Kier molecular flexibility index (Phi) is 7.67. The lowest BCUT2D eigenvalue weighted by atomic mass is 9.85. The maximum absolute atomic E-state index is 12.6. The number of carbonyl (C=O) groups is 1. The van der Waals surface area contributed by atoms with Crippen molar-refractivity contribution in [1.29, 1.82) is 0 Å². The van der Waals surface area contributed by atoms with E-state index < -0.39 is 0 Å². The summed E-state index contributed by atoms with van der Waals surface area (Å²) in [5.41, 5.74) is 0. The van der Waals surface area contributed by atoms with Crippen LogP contribution in [0.1, 0.15) is 58.8 Å². The van der Waals surface area contributed by atoms with Gasteiger partial charge >= 0.3 is 0 Å². The first-order valence-corrected chi connectivity index (χ1v) is 9.30. The van der Waals surface area contributed by atoms with E-state index in [4.69, 9.17) is 4.74 Å². The molecule has 0 aliphatic carbocycles. The fourth-order valence-corrected chi connectivity index (χ4v) is 3.70. The standard InChI is InChI=1S/C18H34N2O2/c1-3-12-22-17-7-5-10-20(11-8-17)18(21)13-15(2)16-6-4-9-19-14-16/h15-17,19H,3-14H2,1-2H3. The molecule has 0 radical (unpaired) electrons. The van der Waals surface area contributed by atoms with Gasteiger partial charge in [-0.3, -0.25) is 4.79 Å². The summed E-state index contributed by atoms with van der Waals surface area (Å²) < 4.78 is 5.87. The zero-order valence-corrected chi connectivity index (χ0v) is 14.5. The Morgan fingerprint density at radius 2 is 2.14 bits per heavy atom. The van der Waals surface area contributed by atoms with Crippen LogP contribution in [0.2, 0.25) is 0 Å². The van der Waals surface area contributed by atoms with Gasteiger partial charge < -0.3 is 15.0 Å². The lowest BCUT2D eigenvalue weighted by molar-refractivity contribution is -0.132. The summed E-state index contributed by atoms with van der Waals surface area (Å²) in [5, 5.41) is 3.46. The third-order valence-electron chi connectivity index (χ3n) is 5.22. The van der Waals surface area contributed by atoms with Gasteiger partial charge in [-0.05, 0) is 63.5 Å². The van der Waals surface area contributed by atoms with Crippen molar-refractivity contribution < 1.29 is 9.53 Å². The third-order valence-corrected chi connectivity index (χ3v) is 5.22. The first-order chi connectivity index (χ1) is 10.7. The van der Waals surface area contributed by atoms with Gasteiger partial charge in [-0.15, -0.1) is 0 Å². The van der Waals surface area contributed by atoms with Crippen LogP contribution in [-0.2, 0) is 9.53 Å². The quantitative estimate of drug-likeness (QED) is 0.820. The number of hydrogen-bond acceptors (Lipinski definition) is 3. The van der Waals surface area contributed by atoms with Crippen LogP contribution in [0, 0.1) is 11.8 Å². The second kappa shape index (κ2) is 9.51. The van der Waals surface area contributed by atoms with Gasteiger partial charge in [0.25, 0.3) is 0 Å². The van der Waals surface area contributed by atoms with Crippen LogP contribution in [0.25, 0.3) is 0 Å². The van der Waals surface area contributed by atoms with Crippen LogP contribution >= 0.6 is 0 Å². The van der Waals surface area contributed by atoms with E-state index in [0.29, 0.717) is 30.3 Å². The summed E-state index contributed by atoms with van der Waals surface area (Å²) in [6, 6.07) is 0. The van der Waals surface area contributed by atoms with Gasteiger partial charge in [0.2, 0.25) is 5.91 Å². The summed E-state index contributed by atoms with van der Waals surface area (Å²) in [7, 11) is 0. The molecule has 0 aromatic carbocycles. The van der Waals surface area contributed by atoms with Gasteiger partial charge in [-0.1, -0.05) is 13.8 Å². The summed E-state index contributed by atoms with van der Waals surface area (Å²) >= 11 is 0. The maximum atomic E-state index is 12.6. The minimum absolute atomic E-state index is 0.356. The molecule has 0 aromatic heterocycles. The summed E-state index contributed by atoms with van der Waals surface area (Å²) in [4.78, 5) is 14.7. The highest BCUT2D eigenvalue weighted by molar-refractivity contribution is 5.76. The minimum Gasteiger partial charge on any atom is -0.378 e. The Morgan fingerprint density at radius 1 is 1.27 bits per heavy atom. The molecule has 2 fully saturated rings. The van der Waals surface area contributed by atoms with E-state index in [1.165, 1.54) is 12.8 Å². The second-order valence-corrected chi connectivity index (χ2v) is 7.09. The topological polar surface area (TPSA) is 41.6 Å². The molecule has 0 bridgehead atoms. The van der Waals surface area contributed by atoms with Crippen molar-refractivity contribution in [2.75, 3.05) is 32.8 Å². The SMILES string of the molecule is CCCOC1CCCN(C(=O)CC(C)C2CCCNC2)CC1. The normalized spacial score (nSPS) is 28.2. The Balaban J connectivity index is 1.74. The highest BCUT2D eigenvalue weighted by Crippen LogP contribution is 2.24. The van der Waals surface area contributed by atoms with E-state index in [0.717, 1.165) is 58.5 Å². The van der Waals surface area contributed by atoms with E-state index in [1.807, 2.05) is 0 Å². The van der Waals surface area contributed by atoms with E-state index in [2.05, 4.69) is 24.1 Å². The van der Waals surface area contributed by atoms with Crippen molar-refractivity contribution in [1.82, 2.24) is 10.2 Å². The molecule has 2 aliphatic heterocycles. The van der Waals surface area contributed by atoms with E-state index in [-0.39, 0.29) is 0 Å². The molecule has 22 heavy (non-hydrogen) atoms. The average molecular weight is 310 g/mol. The third kappa shape index (κ3) is 5.54. The molecule has 128 valence electrons. The highest BCUT2D eigenvalue weighted by Gasteiger charge is 2.26. The molecule has 2 rings (SSSR count). The molecule has 3 unspecified atom stereocenters. The predicted octanol–water partition coefficient (Wildman–Crippen LogP) is 2.82. The Hall–Kier alpha value is -0.610. The number of ether oxygens (including phenoxy) is 1. The molecular formula is C18H34N2O2. The zero-order chi connectivity index (χ0) is 15.8. The molecule has 0 saturated carbocycles. The Bertz CT molecular complexity index is 329. The van der Waals surface area contributed by atoms with Crippen molar-refractivity contribution >= 4 is 5.91 Å². The first kappa shape index (κ1) is 17.7. The van der Waals surface area contributed by atoms with Crippen molar-refractivity contribution in [2.45, 2.75) is 64.9 Å². The van der Waals surface area contributed by atoms with E-state index in [9.17, 15) is 4.79 Å². The fraction of sp³-hybridized carbons (Fsp3) is 0.944. The van der Waals surface area contributed by atoms with Gasteiger partial charge in [-0.2, -0.15) is 0 Å². The van der Waals surface area contributed by atoms with E-state index in [1.54, 1.807) is 0 Å². The number of rotatable bonds is 6. The molecule has 0 spiro atoms. The van der Waals surface area contributed by atoms with Gasteiger partial charge in [0.1, 0.15) is 0 Å². The fourth-order valence-electron chi connectivity index (χ4n) is 3.70. The van der Waals surface area contributed by atoms with Crippen molar-refractivity contribution in [3.8, 4) is 0 Å². The first-order valence-electron chi connectivity index (χ1n) is 9.30. The average Bonchev–Trinajstić information content (AvgIpc) is 2.79. The van der Waals surface area contributed by atoms with Gasteiger partial charge in [0, 0.05) is 26.1 Å². The zero-order valence-electron chi connectivity index (χ0n) is 14.5. The predicted molar refractivity (Wildman–Crippen MR) is 89.8 cm³/mol. The summed E-state index contributed by atoms with van der Waals surface area (Å²) in [6.45, 7) is 9.27. The maximum Gasteiger partial charge on any atom is 0.222 e. The second-order valence-electron chi connectivity index (χ2n) is 7.09. The van der Waals surface area contributed by atoms with Gasteiger partial charge in [0.05, 0.1) is 6.10 Å². The monoisotopic (exact) mass is 310 g/mol. The number of amides is 1. The van der Waals surface area contributed by atoms with Gasteiger partial charge in [0.15, 0.2) is 0 Å². The number of piperidine rings is 1. The molecule has 2 saturated heterocycles. The van der Waals surface area contributed by atoms with Gasteiger partial charge in [-0.25, -0.2) is 0 Å². The molecule has 2 aliphatic rings. The van der Waals surface area contributed by atoms with Crippen LogP contribution in [0.4, 0.5) is 0 Å². The molecule has 2 heterocycles. The lowest BCUT2D eigenvalue weighted by Gasteiger charge is -2.30. The molecule has 4 nitrogen and oxygen atoms in total. The number of nitrogens with one attached hydrogen (secondary N) is 1. The summed E-state index contributed by atoms with van der Waals surface area (Å²) in [5.74, 6) is 1.52. The number of nitrogens with zero attached hydrogens (tertiary/aromatic N) is 1. The van der Waals surface area contributed by atoms with E-state index >= 15 is 0 Å². The minimum atomic E-state index is 0.356. The molecule has 4 heteroatoms. The van der Waals surface area contributed by atoms with Crippen LogP contribution in [0.15, 0.2) is 0 Å². The summed E-state index contributed by atoms with van der Waals surface area (Å²) in [6.07, 6.45) is 7.87. The molecule has 0 aromatic rings. The van der Waals surface area contributed by atoms with Crippen LogP contribution in [0.5, 0.6) is 0 Å². The largest absolute Gasteiger partial charge is 0.378 e. The molecule has 1 amide bonds. The highest BCUT2D eigenvalue weighted by atomic mass is 16.5. The van der Waals surface area contributed by atoms with Crippen molar-refractivity contribution in [2.24, 2.45) is 11.8 Å². The number of carbonyl (C=O) groups excluding carboxylic acids is 1. The van der Waals surface area contributed by atoms with Crippen LogP contribution in [-0.4, -0.2) is 49.7 Å². The molecular weight excluding hydrogens is 276 g/mol. The smallest absolute Gasteiger partial charge is 0.222 e. The number of hydrogen-bond donors (Lipinski definition) is 1. The van der Waals surface area contributed by atoms with Crippen LogP contribution < -0.4 is 5.32 Å². The number of likely N-dealkylation sites (tertiary alicyclic amines) is 1. The Morgan fingerprint density at radius 3 is 2.86 bits per heavy atom. The lowest BCUT2D eigenvalue weighted by Crippen LogP contribution is -2.37. The Labute approximate surface area is 136 Å². The molecule has 3 atom stereocenters. The molecule has 1 N–H and O–H groups in total. The van der Waals surface area contributed by atoms with Crippen LogP contribution in [0.3, 0.4) is 0 Å².